The van der Waals surface area contributed by atoms with E-state index in [1.165, 1.54) is 11.1 Å². The molecule has 0 aromatic heterocycles. The normalized spacial score (nSPS) is 10.6. The topological polar surface area (TPSA) is 32.3 Å². The summed E-state index contributed by atoms with van der Waals surface area (Å²) in [6, 6.07) is 6.37. The Bertz CT molecular complexity index is 302. The second-order valence-electron chi connectivity index (χ2n) is 3.65. The maximum atomic E-state index is 8.62. The van der Waals surface area contributed by atoms with Crippen molar-refractivity contribution in [1.82, 2.24) is 5.32 Å². The molecule has 3 heteroatoms. The van der Waals surface area contributed by atoms with E-state index in [0.29, 0.717) is 0 Å². The van der Waals surface area contributed by atoms with Gasteiger partial charge in [-0.1, -0.05) is 22.0 Å². The molecule has 0 aliphatic rings. The molecule has 2 nitrogen and oxygen atoms in total. The van der Waals surface area contributed by atoms with Crippen molar-refractivity contribution in [3.05, 3.63) is 33.8 Å². The van der Waals surface area contributed by atoms with E-state index in [-0.39, 0.29) is 6.61 Å². The molecule has 0 aliphatic carbocycles. The lowest BCUT2D eigenvalue weighted by molar-refractivity contribution is 0.286. The van der Waals surface area contributed by atoms with E-state index >= 15 is 0 Å². The number of aliphatic hydroxyl groups is 1. The quantitative estimate of drug-likeness (QED) is 0.779. The molecule has 0 amide bonds. The highest BCUT2D eigenvalue weighted by molar-refractivity contribution is 9.10. The van der Waals surface area contributed by atoms with Crippen molar-refractivity contribution in [2.24, 2.45) is 0 Å². The molecule has 0 unspecified atom stereocenters. The predicted octanol–water partition coefficient (Wildman–Crippen LogP) is 2.27. The molecule has 0 fully saturated rings. The molecule has 1 aromatic carbocycles. The monoisotopic (exact) mass is 271 g/mol. The van der Waals surface area contributed by atoms with Crippen LogP contribution in [-0.2, 0) is 6.42 Å². The van der Waals surface area contributed by atoms with E-state index in [1.54, 1.807) is 0 Å². The molecule has 84 valence electrons. The zero-order valence-corrected chi connectivity index (χ0v) is 10.7. The smallest absolute Gasteiger partial charge is 0.0443 e. The van der Waals surface area contributed by atoms with Gasteiger partial charge in [-0.3, -0.25) is 0 Å². The Morgan fingerprint density at radius 2 is 2.13 bits per heavy atom. The minimum absolute atomic E-state index is 0.267. The lowest BCUT2D eigenvalue weighted by atomic mass is 10.1. The van der Waals surface area contributed by atoms with Gasteiger partial charge in [0, 0.05) is 11.1 Å². The summed E-state index contributed by atoms with van der Waals surface area (Å²) < 4.78 is 1.14. The Morgan fingerprint density at radius 3 is 2.87 bits per heavy atom. The molecular formula is C12H18BrNO. The van der Waals surface area contributed by atoms with Crippen molar-refractivity contribution in [2.45, 2.75) is 19.8 Å². The number of nitrogens with one attached hydrogen (secondary N) is 1. The second-order valence-corrected chi connectivity index (χ2v) is 4.56. The van der Waals surface area contributed by atoms with Crippen LogP contribution in [0.3, 0.4) is 0 Å². The van der Waals surface area contributed by atoms with E-state index in [1.807, 2.05) is 0 Å². The van der Waals surface area contributed by atoms with Crippen LogP contribution in [0, 0.1) is 6.92 Å². The largest absolute Gasteiger partial charge is 0.396 e. The van der Waals surface area contributed by atoms with Crippen molar-refractivity contribution in [3.63, 3.8) is 0 Å². The first-order valence-corrected chi connectivity index (χ1v) is 6.10. The van der Waals surface area contributed by atoms with E-state index in [4.69, 9.17) is 5.11 Å². The third-order valence-corrected chi connectivity index (χ3v) is 2.89. The first kappa shape index (κ1) is 12.7. The fourth-order valence-electron chi connectivity index (χ4n) is 1.46. The Balaban J connectivity index is 2.33. The van der Waals surface area contributed by atoms with Crippen molar-refractivity contribution in [2.75, 3.05) is 19.7 Å². The van der Waals surface area contributed by atoms with Crippen molar-refractivity contribution in [1.29, 1.82) is 0 Å². The summed E-state index contributed by atoms with van der Waals surface area (Å²) in [6.45, 7) is 4.26. The number of halogens is 1. The van der Waals surface area contributed by atoms with E-state index in [9.17, 15) is 0 Å². The number of aliphatic hydroxyl groups excluding tert-OH is 1. The van der Waals surface area contributed by atoms with Gasteiger partial charge in [-0.05, 0) is 56.1 Å². The Morgan fingerprint density at radius 1 is 1.33 bits per heavy atom. The fourth-order valence-corrected chi connectivity index (χ4v) is 1.87. The van der Waals surface area contributed by atoms with Gasteiger partial charge < -0.3 is 10.4 Å². The summed E-state index contributed by atoms with van der Waals surface area (Å²) in [5.41, 5.74) is 2.71. The van der Waals surface area contributed by atoms with Gasteiger partial charge in [0.1, 0.15) is 0 Å². The summed E-state index contributed by atoms with van der Waals surface area (Å²) >= 11 is 3.48. The molecule has 0 heterocycles. The van der Waals surface area contributed by atoms with Gasteiger partial charge in [0.25, 0.3) is 0 Å². The zero-order chi connectivity index (χ0) is 11.1. The van der Waals surface area contributed by atoms with Crippen LogP contribution in [0.5, 0.6) is 0 Å². The second kappa shape index (κ2) is 6.99. The van der Waals surface area contributed by atoms with Crippen LogP contribution in [0.2, 0.25) is 0 Å². The number of rotatable bonds is 6. The molecule has 0 radical (unpaired) electrons. The van der Waals surface area contributed by atoms with Crippen LogP contribution in [0.4, 0.5) is 0 Å². The van der Waals surface area contributed by atoms with Gasteiger partial charge >= 0.3 is 0 Å². The van der Waals surface area contributed by atoms with Gasteiger partial charge in [-0.2, -0.15) is 0 Å². The number of hydrogen-bond donors (Lipinski definition) is 2. The molecule has 15 heavy (non-hydrogen) atoms. The van der Waals surface area contributed by atoms with Crippen molar-refractivity contribution < 1.29 is 5.11 Å². The van der Waals surface area contributed by atoms with E-state index in [2.05, 4.69) is 46.4 Å². The van der Waals surface area contributed by atoms with E-state index in [0.717, 1.165) is 30.4 Å². The highest BCUT2D eigenvalue weighted by Gasteiger charge is 1.98. The molecular weight excluding hydrogens is 254 g/mol. The maximum Gasteiger partial charge on any atom is 0.0443 e. The average Bonchev–Trinajstić information content (AvgIpc) is 2.23. The molecule has 1 aromatic rings. The number of benzene rings is 1. The van der Waals surface area contributed by atoms with Crippen LogP contribution in [-0.4, -0.2) is 24.8 Å². The summed E-state index contributed by atoms with van der Waals surface area (Å²) in [5.74, 6) is 0. The van der Waals surface area contributed by atoms with Crippen LogP contribution >= 0.6 is 15.9 Å². The van der Waals surface area contributed by atoms with Crippen LogP contribution in [0.15, 0.2) is 22.7 Å². The summed E-state index contributed by atoms with van der Waals surface area (Å²) in [4.78, 5) is 0. The first-order valence-electron chi connectivity index (χ1n) is 5.30. The molecule has 0 spiro atoms. The van der Waals surface area contributed by atoms with Crippen LogP contribution < -0.4 is 5.32 Å². The Hall–Kier alpha value is -0.380. The van der Waals surface area contributed by atoms with Crippen LogP contribution in [0.1, 0.15) is 17.5 Å². The molecule has 0 bridgehead atoms. The van der Waals surface area contributed by atoms with Gasteiger partial charge in [0.2, 0.25) is 0 Å². The maximum absolute atomic E-state index is 8.62. The van der Waals surface area contributed by atoms with E-state index < -0.39 is 0 Å². The summed E-state index contributed by atoms with van der Waals surface area (Å²) in [6.07, 6.45) is 1.87. The number of hydrogen-bond acceptors (Lipinski definition) is 2. The minimum Gasteiger partial charge on any atom is -0.396 e. The fraction of sp³-hybridized carbons (Fsp3) is 0.500. The third-order valence-electron chi connectivity index (χ3n) is 2.39. The molecule has 0 atom stereocenters. The summed E-state index contributed by atoms with van der Waals surface area (Å²) in [7, 11) is 0. The lowest BCUT2D eigenvalue weighted by Crippen LogP contribution is -2.19. The average molecular weight is 272 g/mol. The SMILES string of the molecule is Cc1ccc(Br)cc1CCNCCCO. The Kier molecular flexibility index (Phi) is 5.91. The van der Waals surface area contributed by atoms with Gasteiger partial charge in [0.05, 0.1) is 0 Å². The predicted molar refractivity (Wildman–Crippen MR) is 67.2 cm³/mol. The van der Waals surface area contributed by atoms with Crippen LogP contribution in [0.25, 0.3) is 0 Å². The molecule has 0 aliphatic heterocycles. The molecule has 0 saturated heterocycles. The number of aryl methyl sites for hydroxylation is 1. The van der Waals surface area contributed by atoms with Gasteiger partial charge in [-0.15, -0.1) is 0 Å². The highest BCUT2D eigenvalue weighted by Crippen LogP contribution is 2.16. The lowest BCUT2D eigenvalue weighted by Gasteiger charge is -2.07. The van der Waals surface area contributed by atoms with Crippen molar-refractivity contribution in [3.8, 4) is 0 Å². The summed E-state index contributed by atoms with van der Waals surface area (Å²) in [5, 5.41) is 11.9. The van der Waals surface area contributed by atoms with Crippen molar-refractivity contribution >= 4 is 15.9 Å². The van der Waals surface area contributed by atoms with Gasteiger partial charge in [0.15, 0.2) is 0 Å². The third kappa shape index (κ3) is 4.78. The first-order chi connectivity index (χ1) is 7.24. The zero-order valence-electron chi connectivity index (χ0n) is 9.09. The molecule has 0 saturated carbocycles. The standard InChI is InChI=1S/C12H18BrNO/c1-10-3-4-12(13)9-11(10)5-7-14-6-2-8-15/h3-4,9,14-15H,2,5-8H2,1H3. The van der Waals surface area contributed by atoms with Gasteiger partial charge in [-0.25, -0.2) is 0 Å². The molecule has 1 rings (SSSR count). The highest BCUT2D eigenvalue weighted by atomic mass is 79.9. The minimum atomic E-state index is 0.267. The Labute approximate surface area is 99.8 Å². The molecule has 2 N–H and O–H groups in total.